The number of anilines is 2. The summed E-state index contributed by atoms with van der Waals surface area (Å²) in [5.74, 6) is 6.44. The molecule has 0 aliphatic carbocycles. The molecule has 0 bridgehead atoms. The summed E-state index contributed by atoms with van der Waals surface area (Å²) in [6, 6.07) is 16.1. The lowest BCUT2D eigenvalue weighted by atomic mass is 10.2. The summed E-state index contributed by atoms with van der Waals surface area (Å²) in [7, 11) is 0. The number of aromatic nitrogens is 3. The second-order valence-corrected chi connectivity index (χ2v) is 4.95. The normalized spacial score (nSPS) is 10.5. The summed E-state index contributed by atoms with van der Waals surface area (Å²) in [4.78, 5) is 22.5. The third-order valence-electron chi connectivity index (χ3n) is 2.99. The molecule has 1 heterocycles. The van der Waals surface area contributed by atoms with Crippen LogP contribution in [0.1, 0.15) is 0 Å². The Labute approximate surface area is 131 Å². The maximum Gasteiger partial charge on any atom is 0.349 e. The van der Waals surface area contributed by atoms with Crippen molar-refractivity contribution in [3.05, 3.63) is 70.1 Å². The molecule has 22 heavy (non-hydrogen) atoms. The Kier molecular flexibility index (Phi) is 3.86. The molecule has 0 amide bonds. The lowest BCUT2D eigenvalue weighted by Gasteiger charge is -2.16. The Morgan fingerprint density at radius 3 is 2.55 bits per heavy atom. The standard InChI is InChI=1S/C15H12ClN5O/c16-11-6-4-5-10(9-11)13-18-14(20-15(22)19-13)21(17)12-7-2-1-3-8-12/h1-9H,17H2,(H,18,19,20,22). The number of aromatic amines is 1. The number of hydrazine groups is 1. The highest BCUT2D eigenvalue weighted by atomic mass is 35.5. The molecule has 0 fully saturated rings. The van der Waals surface area contributed by atoms with Gasteiger partial charge in [0.2, 0.25) is 0 Å². The van der Waals surface area contributed by atoms with Crippen LogP contribution >= 0.6 is 11.6 Å². The van der Waals surface area contributed by atoms with E-state index in [0.717, 1.165) is 0 Å². The monoisotopic (exact) mass is 313 g/mol. The highest BCUT2D eigenvalue weighted by Crippen LogP contribution is 2.21. The molecule has 0 saturated carbocycles. The van der Waals surface area contributed by atoms with Crippen molar-refractivity contribution in [1.29, 1.82) is 0 Å². The van der Waals surface area contributed by atoms with Crippen LogP contribution in [0.25, 0.3) is 11.4 Å². The van der Waals surface area contributed by atoms with Crippen LogP contribution in [-0.2, 0) is 0 Å². The lowest BCUT2D eigenvalue weighted by Crippen LogP contribution is -2.30. The van der Waals surface area contributed by atoms with Crippen molar-refractivity contribution in [3.63, 3.8) is 0 Å². The van der Waals surface area contributed by atoms with Crippen molar-refractivity contribution in [2.75, 3.05) is 5.01 Å². The number of hydrogen-bond donors (Lipinski definition) is 2. The molecule has 1 aromatic heterocycles. The molecule has 0 atom stereocenters. The number of para-hydroxylation sites is 1. The zero-order valence-corrected chi connectivity index (χ0v) is 12.2. The Bertz CT molecular complexity index is 850. The molecule has 6 nitrogen and oxygen atoms in total. The van der Waals surface area contributed by atoms with Crippen molar-refractivity contribution < 1.29 is 0 Å². The number of H-pyrrole nitrogens is 1. The minimum Gasteiger partial charge on any atom is -0.290 e. The van der Waals surface area contributed by atoms with Crippen LogP contribution in [0.3, 0.4) is 0 Å². The quantitative estimate of drug-likeness (QED) is 0.573. The second-order valence-electron chi connectivity index (χ2n) is 4.52. The van der Waals surface area contributed by atoms with Gasteiger partial charge in [0, 0.05) is 10.6 Å². The molecule has 0 aliphatic heterocycles. The molecule has 110 valence electrons. The first-order valence-electron chi connectivity index (χ1n) is 6.47. The van der Waals surface area contributed by atoms with E-state index in [1.807, 2.05) is 18.2 Å². The van der Waals surface area contributed by atoms with Crippen molar-refractivity contribution >= 4 is 23.2 Å². The number of halogens is 1. The summed E-state index contributed by atoms with van der Waals surface area (Å²) in [6.07, 6.45) is 0. The Hall–Kier alpha value is -2.70. The Morgan fingerprint density at radius 1 is 1.05 bits per heavy atom. The van der Waals surface area contributed by atoms with Gasteiger partial charge >= 0.3 is 5.69 Å². The maximum atomic E-state index is 11.8. The van der Waals surface area contributed by atoms with E-state index in [0.29, 0.717) is 22.1 Å². The first-order valence-corrected chi connectivity index (χ1v) is 6.85. The van der Waals surface area contributed by atoms with Crippen molar-refractivity contribution in [2.24, 2.45) is 5.84 Å². The minimum atomic E-state index is -0.536. The topological polar surface area (TPSA) is 87.9 Å². The molecule has 7 heteroatoms. The van der Waals surface area contributed by atoms with E-state index in [4.69, 9.17) is 17.4 Å². The van der Waals surface area contributed by atoms with Crippen LogP contribution in [0.2, 0.25) is 5.02 Å². The van der Waals surface area contributed by atoms with Gasteiger partial charge in [-0.05, 0) is 24.3 Å². The number of rotatable bonds is 3. The molecular weight excluding hydrogens is 302 g/mol. The van der Waals surface area contributed by atoms with Gasteiger partial charge in [-0.1, -0.05) is 41.9 Å². The Balaban J connectivity index is 2.06. The van der Waals surface area contributed by atoms with Gasteiger partial charge in [0.05, 0.1) is 5.69 Å². The number of hydrogen-bond acceptors (Lipinski definition) is 5. The van der Waals surface area contributed by atoms with E-state index in [-0.39, 0.29) is 5.95 Å². The fourth-order valence-corrected chi connectivity index (χ4v) is 2.15. The molecule has 0 spiro atoms. The van der Waals surface area contributed by atoms with Crippen LogP contribution < -0.4 is 16.5 Å². The number of nitrogens with one attached hydrogen (secondary N) is 1. The van der Waals surface area contributed by atoms with Crippen molar-refractivity contribution in [1.82, 2.24) is 15.0 Å². The van der Waals surface area contributed by atoms with Gasteiger partial charge in [0.1, 0.15) is 5.82 Å². The van der Waals surface area contributed by atoms with E-state index in [2.05, 4.69) is 15.0 Å². The van der Waals surface area contributed by atoms with Crippen LogP contribution in [0.5, 0.6) is 0 Å². The van der Waals surface area contributed by atoms with E-state index >= 15 is 0 Å². The molecule has 0 saturated heterocycles. The SMILES string of the molecule is NN(c1ccccc1)c1nc(-c2cccc(Cl)c2)[nH]c(=O)n1. The zero-order chi connectivity index (χ0) is 15.5. The highest BCUT2D eigenvalue weighted by Gasteiger charge is 2.11. The van der Waals surface area contributed by atoms with Crippen molar-refractivity contribution in [2.45, 2.75) is 0 Å². The zero-order valence-electron chi connectivity index (χ0n) is 11.4. The summed E-state index contributed by atoms with van der Waals surface area (Å²) in [5.41, 5.74) is 0.811. The number of nitrogens with zero attached hydrogens (tertiary/aromatic N) is 3. The second kappa shape index (κ2) is 5.97. The molecule has 0 unspecified atom stereocenters. The Morgan fingerprint density at radius 2 is 1.82 bits per heavy atom. The lowest BCUT2D eigenvalue weighted by molar-refractivity contribution is 0.918. The van der Waals surface area contributed by atoms with Gasteiger partial charge in [-0.15, -0.1) is 0 Å². The third kappa shape index (κ3) is 2.98. The van der Waals surface area contributed by atoms with Gasteiger partial charge in [-0.3, -0.25) is 4.98 Å². The van der Waals surface area contributed by atoms with E-state index in [1.165, 1.54) is 5.01 Å². The fourth-order valence-electron chi connectivity index (χ4n) is 1.96. The number of nitrogens with two attached hydrogens (primary N) is 1. The molecular formula is C15H12ClN5O. The average molecular weight is 314 g/mol. The summed E-state index contributed by atoms with van der Waals surface area (Å²) < 4.78 is 0. The van der Waals surface area contributed by atoms with E-state index in [1.54, 1.807) is 36.4 Å². The molecule has 3 N–H and O–H groups in total. The van der Waals surface area contributed by atoms with E-state index < -0.39 is 5.69 Å². The first-order chi connectivity index (χ1) is 10.6. The van der Waals surface area contributed by atoms with Gasteiger partial charge in [0.15, 0.2) is 0 Å². The minimum absolute atomic E-state index is 0.102. The van der Waals surface area contributed by atoms with Crippen LogP contribution in [0.15, 0.2) is 59.4 Å². The predicted molar refractivity (Wildman–Crippen MR) is 85.9 cm³/mol. The highest BCUT2D eigenvalue weighted by molar-refractivity contribution is 6.30. The molecule has 3 rings (SSSR count). The largest absolute Gasteiger partial charge is 0.349 e. The van der Waals surface area contributed by atoms with E-state index in [9.17, 15) is 4.79 Å². The van der Waals surface area contributed by atoms with Gasteiger partial charge < -0.3 is 0 Å². The van der Waals surface area contributed by atoms with Crippen LogP contribution in [0.4, 0.5) is 11.6 Å². The first kappa shape index (κ1) is 14.2. The average Bonchev–Trinajstić information content (AvgIpc) is 2.54. The summed E-state index contributed by atoms with van der Waals surface area (Å²) >= 11 is 5.96. The molecule has 3 aromatic rings. The summed E-state index contributed by atoms with van der Waals surface area (Å²) in [5, 5.41) is 1.80. The van der Waals surface area contributed by atoms with Crippen LogP contribution in [-0.4, -0.2) is 15.0 Å². The fraction of sp³-hybridized carbons (Fsp3) is 0. The van der Waals surface area contributed by atoms with Crippen molar-refractivity contribution in [3.8, 4) is 11.4 Å². The molecule has 2 aromatic carbocycles. The third-order valence-corrected chi connectivity index (χ3v) is 3.22. The molecule has 0 aliphatic rings. The molecule has 0 radical (unpaired) electrons. The smallest absolute Gasteiger partial charge is 0.290 e. The van der Waals surface area contributed by atoms with Gasteiger partial charge in [-0.2, -0.15) is 9.97 Å². The number of benzene rings is 2. The van der Waals surface area contributed by atoms with Crippen LogP contribution in [0, 0.1) is 0 Å². The summed E-state index contributed by atoms with van der Waals surface area (Å²) in [6.45, 7) is 0. The van der Waals surface area contributed by atoms with Gasteiger partial charge in [-0.25, -0.2) is 15.6 Å². The van der Waals surface area contributed by atoms with Gasteiger partial charge in [0.25, 0.3) is 5.95 Å². The predicted octanol–water partition coefficient (Wildman–Crippen LogP) is 2.50. The maximum absolute atomic E-state index is 11.8.